The van der Waals surface area contributed by atoms with Crippen molar-refractivity contribution in [2.75, 3.05) is 11.9 Å². The average Bonchev–Trinajstić information content (AvgIpc) is 3.22. The monoisotopic (exact) mass is 327 g/mol. The molecule has 0 saturated heterocycles. The van der Waals surface area contributed by atoms with Crippen LogP contribution in [0.15, 0.2) is 47.1 Å². The van der Waals surface area contributed by atoms with Gasteiger partial charge in [-0.05, 0) is 44.0 Å². The van der Waals surface area contributed by atoms with Gasteiger partial charge in [-0.1, -0.05) is 12.1 Å². The highest BCUT2D eigenvalue weighted by Crippen LogP contribution is 2.21. The van der Waals surface area contributed by atoms with Crippen molar-refractivity contribution >= 4 is 17.5 Å². The maximum Gasteiger partial charge on any atom is 0.253 e. The van der Waals surface area contributed by atoms with Crippen molar-refractivity contribution in [3.8, 4) is 0 Å². The van der Waals surface area contributed by atoms with Crippen LogP contribution in [-0.4, -0.2) is 24.4 Å². The Balaban J connectivity index is 1.56. The van der Waals surface area contributed by atoms with Crippen LogP contribution < -0.4 is 16.0 Å². The standard InChI is InChI=1S/C18H21N3O3/c1-12(16-7-4-10-24-16)19-11-17(22)21-15-6-3-2-5-14(15)18(23)20-13-8-9-13/h2-7,10,12-13,19H,8-9,11H2,1H3,(H,20,23)(H,21,22)/t12-/m1/s1. The van der Waals surface area contributed by atoms with E-state index in [2.05, 4.69) is 16.0 Å². The van der Waals surface area contributed by atoms with Gasteiger partial charge in [-0.2, -0.15) is 0 Å². The van der Waals surface area contributed by atoms with Crippen molar-refractivity contribution < 1.29 is 14.0 Å². The van der Waals surface area contributed by atoms with E-state index in [-0.39, 0.29) is 30.4 Å². The number of anilines is 1. The molecule has 3 rings (SSSR count). The first kappa shape index (κ1) is 16.3. The lowest BCUT2D eigenvalue weighted by Crippen LogP contribution is -2.31. The van der Waals surface area contributed by atoms with Gasteiger partial charge in [0.1, 0.15) is 5.76 Å². The SMILES string of the molecule is C[C@@H](NCC(=O)Nc1ccccc1C(=O)NC1CC1)c1ccco1. The lowest BCUT2D eigenvalue weighted by Gasteiger charge is -2.13. The molecule has 1 heterocycles. The molecule has 0 unspecified atom stereocenters. The minimum atomic E-state index is -0.208. The number of carbonyl (C=O) groups is 2. The van der Waals surface area contributed by atoms with Crippen LogP contribution in [0, 0.1) is 0 Å². The fourth-order valence-electron chi connectivity index (χ4n) is 2.36. The van der Waals surface area contributed by atoms with Crippen LogP contribution in [-0.2, 0) is 4.79 Å². The van der Waals surface area contributed by atoms with Gasteiger partial charge in [0.15, 0.2) is 0 Å². The average molecular weight is 327 g/mol. The smallest absolute Gasteiger partial charge is 0.253 e. The lowest BCUT2D eigenvalue weighted by molar-refractivity contribution is -0.115. The molecular weight excluding hydrogens is 306 g/mol. The van der Waals surface area contributed by atoms with Crippen molar-refractivity contribution in [3.05, 3.63) is 54.0 Å². The van der Waals surface area contributed by atoms with Crippen LogP contribution in [0.4, 0.5) is 5.69 Å². The number of furan rings is 1. The zero-order valence-corrected chi connectivity index (χ0v) is 13.5. The Bertz CT molecular complexity index is 708. The summed E-state index contributed by atoms with van der Waals surface area (Å²) in [6, 6.07) is 10.9. The second kappa shape index (κ2) is 7.31. The second-order valence-corrected chi connectivity index (χ2v) is 5.96. The minimum Gasteiger partial charge on any atom is -0.468 e. The molecule has 0 radical (unpaired) electrons. The molecule has 1 aliphatic rings. The number of benzene rings is 1. The summed E-state index contributed by atoms with van der Waals surface area (Å²) >= 11 is 0. The summed E-state index contributed by atoms with van der Waals surface area (Å²) in [5.41, 5.74) is 1.00. The second-order valence-electron chi connectivity index (χ2n) is 5.96. The lowest BCUT2D eigenvalue weighted by atomic mass is 10.1. The summed E-state index contributed by atoms with van der Waals surface area (Å²) < 4.78 is 5.29. The predicted octanol–water partition coefficient (Wildman–Crippen LogP) is 2.46. The van der Waals surface area contributed by atoms with E-state index >= 15 is 0 Å². The van der Waals surface area contributed by atoms with Crippen LogP contribution in [0.25, 0.3) is 0 Å². The summed E-state index contributed by atoms with van der Waals surface area (Å²) in [6.45, 7) is 2.05. The molecule has 1 fully saturated rings. The molecule has 1 saturated carbocycles. The topological polar surface area (TPSA) is 83.4 Å². The van der Waals surface area contributed by atoms with E-state index in [0.29, 0.717) is 11.3 Å². The maximum absolute atomic E-state index is 12.2. The van der Waals surface area contributed by atoms with Crippen molar-refractivity contribution in [3.63, 3.8) is 0 Å². The molecule has 6 heteroatoms. The van der Waals surface area contributed by atoms with Gasteiger partial charge in [-0.15, -0.1) is 0 Å². The summed E-state index contributed by atoms with van der Waals surface area (Å²) in [5.74, 6) is 0.414. The third-order valence-corrected chi connectivity index (χ3v) is 3.90. The molecule has 1 aromatic heterocycles. The summed E-state index contributed by atoms with van der Waals surface area (Å²) in [4.78, 5) is 24.4. The number of rotatable bonds is 7. The van der Waals surface area contributed by atoms with E-state index in [9.17, 15) is 9.59 Å². The molecule has 3 N–H and O–H groups in total. The third-order valence-electron chi connectivity index (χ3n) is 3.90. The molecule has 2 aromatic rings. The molecule has 0 spiro atoms. The molecule has 1 aliphatic carbocycles. The van der Waals surface area contributed by atoms with Crippen LogP contribution in [0.3, 0.4) is 0 Å². The fraction of sp³-hybridized carbons (Fsp3) is 0.333. The number of hydrogen-bond donors (Lipinski definition) is 3. The van der Waals surface area contributed by atoms with Crippen molar-refractivity contribution in [1.82, 2.24) is 10.6 Å². The van der Waals surface area contributed by atoms with Crippen LogP contribution in [0.1, 0.15) is 41.9 Å². The van der Waals surface area contributed by atoms with Crippen molar-refractivity contribution in [2.24, 2.45) is 0 Å². The highest BCUT2D eigenvalue weighted by molar-refractivity contribution is 6.04. The van der Waals surface area contributed by atoms with Gasteiger partial charge < -0.3 is 15.1 Å². The Labute approximate surface area is 140 Å². The summed E-state index contributed by atoms with van der Waals surface area (Å²) in [5, 5.41) is 8.82. The number of nitrogens with one attached hydrogen (secondary N) is 3. The maximum atomic E-state index is 12.2. The molecule has 6 nitrogen and oxygen atoms in total. The molecule has 126 valence electrons. The zero-order valence-electron chi connectivity index (χ0n) is 13.5. The Hall–Kier alpha value is -2.60. The van der Waals surface area contributed by atoms with Gasteiger partial charge in [-0.25, -0.2) is 0 Å². The quantitative estimate of drug-likeness (QED) is 0.729. The molecular formula is C18H21N3O3. The molecule has 0 bridgehead atoms. The van der Waals surface area contributed by atoms with Gasteiger partial charge in [0.2, 0.25) is 5.91 Å². The highest BCUT2D eigenvalue weighted by Gasteiger charge is 2.25. The Morgan fingerprint density at radius 1 is 1.21 bits per heavy atom. The largest absolute Gasteiger partial charge is 0.468 e. The zero-order chi connectivity index (χ0) is 16.9. The number of amides is 2. The molecule has 1 aromatic carbocycles. The van der Waals surface area contributed by atoms with E-state index in [1.807, 2.05) is 19.1 Å². The first-order valence-electron chi connectivity index (χ1n) is 8.10. The minimum absolute atomic E-state index is 0.0702. The van der Waals surface area contributed by atoms with E-state index < -0.39 is 0 Å². The van der Waals surface area contributed by atoms with Gasteiger partial charge in [0.25, 0.3) is 5.91 Å². The van der Waals surface area contributed by atoms with Gasteiger partial charge in [0, 0.05) is 6.04 Å². The van der Waals surface area contributed by atoms with Crippen LogP contribution >= 0.6 is 0 Å². The van der Waals surface area contributed by atoms with E-state index in [0.717, 1.165) is 18.6 Å². The van der Waals surface area contributed by atoms with Gasteiger partial charge >= 0.3 is 0 Å². The normalized spacial score (nSPS) is 14.9. The number of carbonyl (C=O) groups excluding carboxylic acids is 2. The molecule has 0 aliphatic heterocycles. The first-order chi connectivity index (χ1) is 11.6. The number of para-hydroxylation sites is 1. The Morgan fingerprint density at radius 3 is 2.71 bits per heavy atom. The fourth-order valence-corrected chi connectivity index (χ4v) is 2.36. The van der Waals surface area contributed by atoms with E-state index in [4.69, 9.17) is 4.42 Å². The van der Waals surface area contributed by atoms with Gasteiger partial charge in [0.05, 0.1) is 30.1 Å². The molecule has 2 amide bonds. The Kier molecular flexibility index (Phi) is 4.96. The van der Waals surface area contributed by atoms with E-state index in [1.165, 1.54) is 0 Å². The van der Waals surface area contributed by atoms with Crippen molar-refractivity contribution in [1.29, 1.82) is 0 Å². The van der Waals surface area contributed by atoms with E-state index in [1.54, 1.807) is 30.5 Å². The summed E-state index contributed by atoms with van der Waals surface area (Å²) in [7, 11) is 0. The highest BCUT2D eigenvalue weighted by atomic mass is 16.3. The Morgan fingerprint density at radius 2 is 2.00 bits per heavy atom. The van der Waals surface area contributed by atoms with Crippen molar-refractivity contribution in [2.45, 2.75) is 31.8 Å². The van der Waals surface area contributed by atoms with Gasteiger partial charge in [-0.3, -0.25) is 14.9 Å². The number of hydrogen-bond acceptors (Lipinski definition) is 4. The molecule has 1 atom stereocenters. The predicted molar refractivity (Wildman–Crippen MR) is 90.7 cm³/mol. The third kappa shape index (κ3) is 4.23. The van der Waals surface area contributed by atoms with Crippen LogP contribution in [0.2, 0.25) is 0 Å². The van der Waals surface area contributed by atoms with Crippen LogP contribution in [0.5, 0.6) is 0 Å². The molecule has 24 heavy (non-hydrogen) atoms. The first-order valence-corrected chi connectivity index (χ1v) is 8.10. The summed E-state index contributed by atoms with van der Waals surface area (Å²) in [6.07, 6.45) is 3.64.